The molecule has 0 aromatic carbocycles. The van der Waals surface area contributed by atoms with Crippen LogP contribution in [0.3, 0.4) is 0 Å². The summed E-state index contributed by atoms with van der Waals surface area (Å²) in [6.45, 7) is 0.787. The molecule has 0 aliphatic carbocycles. The second-order valence-electron chi connectivity index (χ2n) is 3.67. The minimum absolute atomic E-state index is 0.0817. The molecule has 16 heavy (non-hydrogen) atoms. The fourth-order valence-electron chi connectivity index (χ4n) is 1.03. The average molecular weight is 245 g/mol. The Labute approximate surface area is 98.1 Å². The summed E-state index contributed by atoms with van der Waals surface area (Å²) in [5.74, 6) is -0.483. The Morgan fingerprint density at radius 3 is 2.69 bits per heavy atom. The van der Waals surface area contributed by atoms with Gasteiger partial charge in [0.15, 0.2) is 0 Å². The lowest BCUT2D eigenvalue weighted by Crippen LogP contribution is -2.51. The van der Waals surface area contributed by atoms with Gasteiger partial charge in [-0.05, 0) is 19.1 Å². The van der Waals surface area contributed by atoms with E-state index in [1.165, 1.54) is 19.2 Å². The highest BCUT2D eigenvalue weighted by Gasteiger charge is 2.26. The summed E-state index contributed by atoms with van der Waals surface area (Å²) in [5, 5.41) is 20.6. The third-order valence-corrected chi connectivity index (χ3v) is 2.42. The number of hydrogen-bond acceptors (Lipinski definition) is 4. The molecule has 0 atom stereocenters. The summed E-state index contributed by atoms with van der Waals surface area (Å²) in [4.78, 5) is 15.5. The van der Waals surface area contributed by atoms with Crippen molar-refractivity contribution < 1.29 is 15.0 Å². The largest absolute Gasteiger partial charge is 0.394 e. The number of halogens is 1. The van der Waals surface area contributed by atoms with Crippen molar-refractivity contribution in [2.24, 2.45) is 0 Å². The van der Waals surface area contributed by atoms with Gasteiger partial charge in [-0.1, -0.05) is 11.6 Å². The van der Waals surface area contributed by atoms with Gasteiger partial charge in [0.25, 0.3) is 5.91 Å². The molecule has 6 heteroatoms. The topological polar surface area (TPSA) is 82.5 Å². The molecule has 3 N–H and O–H groups in total. The summed E-state index contributed by atoms with van der Waals surface area (Å²) in [6.07, 6.45) is 1.47. The Kier molecular flexibility index (Phi) is 4.23. The van der Waals surface area contributed by atoms with E-state index in [-0.39, 0.29) is 23.9 Å². The average Bonchev–Trinajstić information content (AvgIpc) is 2.29. The first-order chi connectivity index (χ1) is 7.52. The van der Waals surface area contributed by atoms with Crippen LogP contribution in [0.25, 0.3) is 0 Å². The number of rotatable bonds is 4. The van der Waals surface area contributed by atoms with Gasteiger partial charge in [-0.3, -0.25) is 4.79 Å². The Bertz CT molecular complexity index is 380. The van der Waals surface area contributed by atoms with E-state index in [0.29, 0.717) is 0 Å². The third-order valence-electron chi connectivity index (χ3n) is 2.12. The predicted molar refractivity (Wildman–Crippen MR) is 59.3 cm³/mol. The maximum Gasteiger partial charge on any atom is 0.254 e. The van der Waals surface area contributed by atoms with Gasteiger partial charge in [-0.25, -0.2) is 4.98 Å². The lowest BCUT2D eigenvalue weighted by Gasteiger charge is -2.26. The summed E-state index contributed by atoms with van der Waals surface area (Å²) >= 11 is 5.74. The van der Waals surface area contributed by atoms with Crippen LogP contribution in [0.1, 0.15) is 17.3 Å². The molecule has 0 spiro atoms. The monoisotopic (exact) mass is 244 g/mol. The number of carbonyl (C=O) groups excluding carboxylic acids is 1. The van der Waals surface area contributed by atoms with Gasteiger partial charge in [-0.15, -0.1) is 0 Å². The number of nitrogens with one attached hydrogen (secondary N) is 1. The molecule has 0 bridgehead atoms. The molecule has 0 saturated carbocycles. The van der Waals surface area contributed by atoms with Gasteiger partial charge in [0.2, 0.25) is 0 Å². The molecule has 88 valence electrons. The fourth-order valence-corrected chi connectivity index (χ4v) is 1.23. The van der Waals surface area contributed by atoms with Crippen molar-refractivity contribution in [2.45, 2.75) is 12.5 Å². The molecule has 5 nitrogen and oxygen atoms in total. The van der Waals surface area contributed by atoms with E-state index in [0.717, 1.165) is 0 Å². The first kappa shape index (κ1) is 12.9. The summed E-state index contributed by atoms with van der Waals surface area (Å²) < 4.78 is 0. The molecular weight excluding hydrogens is 232 g/mol. The van der Waals surface area contributed by atoms with Gasteiger partial charge >= 0.3 is 0 Å². The third kappa shape index (κ3) is 2.91. The highest BCUT2D eigenvalue weighted by atomic mass is 35.5. The highest BCUT2D eigenvalue weighted by Crippen LogP contribution is 2.12. The minimum Gasteiger partial charge on any atom is -0.394 e. The van der Waals surface area contributed by atoms with E-state index >= 15 is 0 Å². The van der Waals surface area contributed by atoms with Crippen molar-refractivity contribution in [3.63, 3.8) is 0 Å². The predicted octanol–water partition coefficient (Wildman–Crippen LogP) is 0.208. The minimum atomic E-state index is -1.07. The molecule has 1 rings (SSSR count). The van der Waals surface area contributed by atoms with Crippen LogP contribution in [0, 0.1) is 0 Å². The first-order valence-electron chi connectivity index (χ1n) is 4.67. The molecule has 0 fully saturated rings. The summed E-state index contributed by atoms with van der Waals surface area (Å²) in [7, 11) is 0. The van der Waals surface area contributed by atoms with E-state index < -0.39 is 11.4 Å². The van der Waals surface area contributed by atoms with Crippen LogP contribution in [0.5, 0.6) is 0 Å². The van der Waals surface area contributed by atoms with Gasteiger partial charge in [-0.2, -0.15) is 0 Å². The fraction of sp³-hybridized carbons (Fsp3) is 0.400. The molecule has 1 heterocycles. The quantitative estimate of drug-likeness (QED) is 0.662. The van der Waals surface area contributed by atoms with Crippen LogP contribution in [-0.4, -0.2) is 39.9 Å². The molecule has 0 unspecified atom stereocenters. The van der Waals surface area contributed by atoms with Gasteiger partial charge < -0.3 is 15.5 Å². The van der Waals surface area contributed by atoms with E-state index in [2.05, 4.69) is 10.3 Å². The van der Waals surface area contributed by atoms with Crippen molar-refractivity contribution in [2.75, 3.05) is 13.2 Å². The second kappa shape index (κ2) is 5.25. The Morgan fingerprint density at radius 1 is 1.56 bits per heavy atom. The number of pyridine rings is 1. The lowest BCUT2D eigenvalue weighted by molar-refractivity contribution is 0.0723. The lowest BCUT2D eigenvalue weighted by atomic mass is 10.0. The smallest absolute Gasteiger partial charge is 0.254 e. The van der Waals surface area contributed by atoms with Crippen molar-refractivity contribution in [3.8, 4) is 0 Å². The molecular formula is C10H13ClN2O3. The first-order valence-corrected chi connectivity index (χ1v) is 5.05. The Morgan fingerprint density at radius 2 is 2.19 bits per heavy atom. The Balaban J connectivity index is 2.84. The maximum atomic E-state index is 11.7. The van der Waals surface area contributed by atoms with Crippen molar-refractivity contribution >= 4 is 17.5 Å². The zero-order valence-corrected chi connectivity index (χ0v) is 9.53. The molecule has 1 amide bonds. The van der Waals surface area contributed by atoms with Crippen LogP contribution in [0.15, 0.2) is 18.3 Å². The van der Waals surface area contributed by atoms with Crippen LogP contribution >= 0.6 is 11.6 Å². The van der Waals surface area contributed by atoms with E-state index in [1.54, 1.807) is 6.07 Å². The molecule has 0 aliphatic rings. The standard InChI is InChI=1S/C10H13ClN2O3/c1-10(5-14,6-15)13-9(16)7-3-2-4-12-8(7)11/h2-4,14-15H,5-6H2,1H3,(H,13,16). The number of aliphatic hydroxyl groups excluding tert-OH is 2. The molecule has 1 aromatic rings. The molecule has 0 saturated heterocycles. The summed E-state index contributed by atoms with van der Waals surface area (Å²) in [5.41, 5.74) is -0.867. The highest BCUT2D eigenvalue weighted by molar-refractivity contribution is 6.32. The SMILES string of the molecule is CC(CO)(CO)NC(=O)c1cccnc1Cl. The normalized spacial score (nSPS) is 11.2. The van der Waals surface area contributed by atoms with Crippen LogP contribution in [0.4, 0.5) is 0 Å². The van der Waals surface area contributed by atoms with Crippen molar-refractivity contribution in [3.05, 3.63) is 29.0 Å². The number of aliphatic hydroxyl groups is 2. The zero-order valence-electron chi connectivity index (χ0n) is 8.77. The summed E-state index contributed by atoms with van der Waals surface area (Å²) in [6, 6.07) is 3.09. The van der Waals surface area contributed by atoms with E-state index in [9.17, 15) is 4.79 Å². The zero-order chi connectivity index (χ0) is 12.2. The van der Waals surface area contributed by atoms with E-state index in [4.69, 9.17) is 21.8 Å². The van der Waals surface area contributed by atoms with Crippen LogP contribution in [-0.2, 0) is 0 Å². The van der Waals surface area contributed by atoms with Gasteiger partial charge in [0.1, 0.15) is 5.15 Å². The van der Waals surface area contributed by atoms with Crippen molar-refractivity contribution in [1.82, 2.24) is 10.3 Å². The van der Waals surface area contributed by atoms with Gasteiger partial charge in [0, 0.05) is 6.20 Å². The Hall–Kier alpha value is -1.17. The number of hydrogen-bond donors (Lipinski definition) is 3. The number of nitrogens with zero attached hydrogens (tertiary/aromatic N) is 1. The molecule has 1 aromatic heterocycles. The number of carbonyl (C=O) groups is 1. The molecule has 0 radical (unpaired) electrons. The molecule has 0 aliphatic heterocycles. The van der Waals surface area contributed by atoms with Gasteiger partial charge in [0.05, 0.1) is 24.3 Å². The van der Waals surface area contributed by atoms with Crippen LogP contribution < -0.4 is 5.32 Å². The number of aromatic nitrogens is 1. The van der Waals surface area contributed by atoms with Crippen molar-refractivity contribution in [1.29, 1.82) is 0 Å². The second-order valence-corrected chi connectivity index (χ2v) is 4.03. The van der Waals surface area contributed by atoms with Crippen LogP contribution in [0.2, 0.25) is 5.15 Å². The van der Waals surface area contributed by atoms with E-state index in [1.807, 2.05) is 0 Å². The maximum absolute atomic E-state index is 11.7. The number of amides is 1.